The lowest BCUT2D eigenvalue weighted by molar-refractivity contribution is -0.119. The average molecular weight is 368 g/mol. The molecule has 1 saturated carbocycles. The first-order chi connectivity index (χ1) is 11.5. The lowest BCUT2D eigenvalue weighted by Gasteiger charge is -2.14. The van der Waals surface area contributed by atoms with Crippen LogP contribution in [0, 0.1) is 0 Å². The molecule has 0 aliphatic heterocycles. The molecule has 9 heteroatoms. The summed E-state index contributed by atoms with van der Waals surface area (Å²) in [6.45, 7) is 1.72. The highest BCUT2D eigenvalue weighted by Crippen LogP contribution is 2.24. The van der Waals surface area contributed by atoms with Gasteiger partial charge in [0.05, 0.1) is 15.8 Å². The van der Waals surface area contributed by atoms with Gasteiger partial charge in [-0.15, -0.1) is 0 Å². The SMILES string of the molecule is C[C@H](Sc1nc2ncc(Cl)cc2[nH]1)C(=O)NC(=O)NC1CCCC1. The van der Waals surface area contributed by atoms with Gasteiger partial charge >= 0.3 is 6.03 Å². The summed E-state index contributed by atoms with van der Waals surface area (Å²) in [6, 6.07) is 1.46. The third kappa shape index (κ3) is 4.18. The third-order valence-corrected chi connectivity index (χ3v) is 5.06. The average Bonchev–Trinajstić information content (AvgIpc) is 3.15. The monoisotopic (exact) mass is 367 g/mol. The molecule has 0 saturated heterocycles. The van der Waals surface area contributed by atoms with Gasteiger partial charge in [-0.05, 0) is 25.8 Å². The van der Waals surface area contributed by atoms with Gasteiger partial charge in [-0.3, -0.25) is 10.1 Å². The fraction of sp³-hybridized carbons (Fsp3) is 0.467. The first-order valence-corrected chi connectivity index (χ1v) is 9.06. The van der Waals surface area contributed by atoms with Crippen molar-refractivity contribution in [3.8, 4) is 0 Å². The van der Waals surface area contributed by atoms with Gasteiger partial charge in [-0.2, -0.15) is 0 Å². The van der Waals surface area contributed by atoms with Crippen LogP contribution in [0.15, 0.2) is 17.4 Å². The Balaban J connectivity index is 1.55. The smallest absolute Gasteiger partial charge is 0.321 e. The number of nitrogens with zero attached hydrogens (tertiary/aromatic N) is 2. The molecule has 0 unspecified atom stereocenters. The van der Waals surface area contributed by atoms with Gasteiger partial charge < -0.3 is 10.3 Å². The molecule has 1 aliphatic carbocycles. The number of H-pyrrole nitrogens is 1. The highest BCUT2D eigenvalue weighted by Gasteiger charge is 2.22. The van der Waals surface area contributed by atoms with Gasteiger partial charge in [0.2, 0.25) is 5.91 Å². The topological polar surface area (TPSA) is 99.8 Å². The van der Waals surface area contributed by atoms with E-state index in [-0.39, 0.29) is 11.9 Å². The van der Waals surface area contributed by atoms with Gasteiger partial charge in [0.15, 0.2) is 10.8 Å². The van der Waals surface area contributed by atoms with Crippen molar-refractivity contribution in [2.45, 2.75) is 49.1 Å². The summed E-state index contributed by atoms with van der Waals surface area (Å²) in [7, 11) is 0. The minimum atomic E-state index is -0.477. The van der Waals surface area contributed by atoms with Crippen molar-refractivity contribution in [3.05, 3.63) is 17.3 Å². The number of rotatable bonds is 4. The molecule has 2 aromatic rings. The number of hydrogen-bond donors (Lipinski definition) is 3. The number of aromatic amines is 1. The number of imidazole rings is 1. The number of aromatic nitrogens is 3. The maximum Gasteiger partial charge on any atom is 0.321 e. The van der Waals surface area contributed by atoms with Crippen LogP contribution in [0.5, 0.6) is 0 Å². The van der Waals surface area contributed by atoms with Crippen molar-refractivity contribution in [1.29, 1.82) is 0 Å². The van der Waals surface area contributed by atoms with Crippen LogP contribution in [0.2, 0.25) is 5.02 Å². The number of fused-ring (bicyclic) bond motifs is 1. The predicted octanol–water partition coefficient (Wildman–Crippen LogP) is 2.86. The van der Waals surface area contributed by atoms with E-state index in [4.69, 9.17) is 11.6 Å². The molecule has 1 atom stereocenters. The molecule has 0 radical (unpaired) electrons. The van der Waals surface area contributed by atoms with E-state index in [0.717, 1.165) is 25.7 Å². The van der Waals surface area contributed by atoms with Crippen LogP contribution >= 0.6 is 23.4 Å². The summed E-state index contributed by atoms with van der Waals surface area (Å²) in [6.07, 6.45) is 5.70. The molecule has 2 aromatic heterocycles. The zero-order valence-electron chi connectivity index (χ0n) is 13.1. The second-order valence-corrected chi connectivity index (χ2v) is 7.54. The van der Waals surface area contributed by atoms with E-state index in [9.17, 15) is 9.59 Å². The van der Waals surface area contributed by atoms with Crippen LogP contribution in [0.3, 0.4) is 0 Å². The lowest BCUT2D eigenvalue weighted by Crippen LogP contribution is -2.45. The van der Waals surface area contributed by atoms with Crippen molar-refractivity contribution in [1.82, 2.24) is 25.6 Å². The molecule has 1 fully saturated rings. The number of thioether (sulfide) groups is 1. The molecule has 3 N–H and O–H groups in total. The van der Waals surface area contributed by atoms with Gasteiger partial charge in [0.1, 0.15) is 0 Å². The third-order valence-electron chi connectivity index (χ3n) is 3.87. The summed E-state index contributed by atoms with van der Waals surface area (Å²) in [5, 5.41) is 5.80. The Kier molecular flexibility index (Phi) is 5.25. The number of carbonyl (C=O) groups excluding carboxylic acids is 2. The van der Waals surface area contributed by atoms with Gasteiger partial charge in [0, 0.05) is 12.2 Å². The minimum Gasteiger partial charge on any atom is -0.335 e. The Morgan fingerprint density at radius 2 is 2.17 bits per heavy atom. The second-order valence-electron chi connectivity index (χ2n) is 5.77. The zero-order chi connectivity index (χ0) is 17.1. The normalized spacial score (nSPS) is 16.2. The number of urea groups is 1. The maximum absolute atomic E-state index is 12.1. The summed E-state index contributed by atoms with van der Waals surface area (Å²) < 4.78 is 0. The number of halogens is 1. The number of imide groups is 1. The zero-order valence-corrected chi connectivity index (χ0v) is 14.7. The number of carbonyl (C=O) groups is 2. The molecule has 0 bridgehead atoms. The van der Waals surface area contributed by atoms with Crippen molar-refractivity contribution in [3.63, 3.8) is 0 Å². The molecule has 1 aliphatic rings. The van der Waals surface area contributed by atoms with Gasteiger partial charge in [-0.1, -0.05) is 36.2 Å². The van der Waals surface area contributed by atoms with Crippen LogP contribution < -0.4 is 10.6 Å². The van der Waals surface area contributed by atoms with E-state index in [1.54, 1.807) is 13.0 Å². The molecule has 2 heterocycles. The van der Waals surface area contributed by atoms with Crippen molar-refractivity contribution >= 4 is 46.5 Å². The molecule has 128 valence electrons. The lowest BCUT2D eigenvalue weighted by atomic mass is 10.2. The Morgan fingerprint density at radius 3 is 2.92 bits per heavy atom. The highest BCUT2D eigenvalue weighted by atomic mass is 35.5. The van der Waals surface area contributed by atoms with Crippen LogP contribution in [0.4, 0.5) is 4.79 Å². The molecule has 0 spiro atoms. The standard InChI is InChI=1S/C15H18ClN5O2S/c1-8(13(22)21-14(23)18-10-4-2-3-5-10)24-15-19-11-6-9(16)7-17-12(11)20-15/h6-8,10H,2-5H2,1H3,(H,17,19,20)(H2,18,21,22,23)/t8-/m0/s1. The summed E-state index contributed by atoms with van der Waals surface area (Å²) in [5.74, 6) is -0.359. The predicted molar refractivity (Wildman–Crippen MR) is 93.1 cm³/mol. The molecule has 3 rings (SSSR count). The van der Waals surface area contributed by atoms with Crippen molar-refractivity contribution in [2.24, 2.45) is 0 Å². The van der Waals surface area contributed by atoms with Crippen LogP contribution in [-0.2, 0) is 4.79 Å². The van der Waals surface area contributed by atoms with Crippen molar-refractivity contribution in [2.75, 3.05) is 0 Å². The van der Waals surface area contributed by atoms with E-state index in [1.165, 1.54) is 18.0 Å². The van der Waals surface area contributed by atoms with E-state index in [2.05, 4.69) is 25.6 Å². The summed E-state index contributed by atoms with van der Waals surface area (Å²) in [5.41, 5.74) is 1.24. The largest absolute Gasteiger partial charge is 0.335 e. The number of hydrogen-bond acceptors (Lipinski definition) is 5. The summed E-state index contributed by atoms with van der Waals surface area (Å²) in [4.78, 5) is 35.4. The van der Waals surface area contributed by atoms with Gasteiger partial charge in [-0.25, -0.2) is 14.8 Å². The Bertz CT molecular complexity index is 759. The second kappa shape index (κ2) is 7.40. The molecular weight excluding hydrogens is 350 g/mol. The van der Waals surface area contributed by atoms with E-state index < -0.39 is 11.3 Å². The maximum atomic E-state index is 12.1. The van der Waals surface area contributed by atoms with E-state index in [0.29, 0.717) is 21.3 Å². The van der Waals surface area contributed by atoms with Crippen molar-refractivity contribution < 1.29 is 9.59 Å². The number of amides is 3. The molecule has 0 aromatic carbocycles. The van der Waals surface area contributed by atoms with Crippen LogP contribution in [-0.4, -0.2) is 38.2 Å². The highest BCUT2D eigenvalue weighted by molar-refractivity contribution is 8.00. The van der Waals surface area contributed by atoms with Gasteiger partial charge in [0.25, 0.3) is 0 Å². The quantitative estimate of drug-likeness (QED) is 0.721. The fourth-order valence-corrected chi connectivity index (χ4v) is 3.60. The Labute approximate surface area is 148 Å². The molecule has 7 nitrogen and oxygen atoms in total. The first kappa shape index (κ1) is 17.0. The molecular formula is C15H18ClN5O2S. The Hall–Kier alpha value is -1.80. The fourth-order valence-electron chi connectivity index (χ4n) is 2.63. The van der Waals surface area contributed by atoms with E-state index >= 15 is 0 Å². The number of nitrogens with one attached hydrogen (secondary N) is 3. The van der Waals surface area contributed by atoms with Crippen LogP contribution in [0.1, 0.15) is 32.6 Å². The minimum absolute atomic E-state index is 0.173. The first-order valence-electron chi connectivity index (χ1n) is 7.80. The molecule has 3 amide bonds. The molecule has 24 heavy (non-hydrogen) atoms. The number of pyridine rings is 1. The summed E-state index contributed by atoms with van der Waals surface area (Å²) >= 11 is 7.11. The Morgan fingerprint density at radius 1 is 1.42 bits per heavy atom. The van der Waals surface area contributed by atoms with E-state index in [1.807, 2.05) is 0 Å². The van der Waals surface area contributed by atoms with Crippen LogP contribution in [0.25, 0.3) is 11.2 Å².